The van der Waals surface area contributed by atoms with Crippen LogP contribution in [0.4, 0.5) is 0 Å². The molecule has 3 aliphatic rings. The second-order valence-corrected chi connectivity index (χ2v) is 3.25. The van der Waals surface area contributed by atoms with Crippen molar-refractivity contribution in [2.45, 2.75) is 0 Å². The largest absolute Gasteiger partial charge is 0.381 e. The molecule has 0 aromatic rings. The van der Waals surface area contributed by atoms with Gasteiger partial charge in [-0.25, -0.2) is 0 Å². The fourth-order valence-electron chi connectivity index (χ4n) is 1.85. The molecule has 1 aliphatic carbocycles. The van der Waals surface area contributed by atoms with Crippen molar-refractivity contribution in [3.05, 3.63) is 47.5 Å². The normalized spacial score (nSPS) is 29.3. The van der Waals surface area contributed by atoms with Crippen LogP contribution >= 0.6 is 0 Å². The van der Waals surface area contributed by atoms with E-state index < -0.39 is 0 Å². The van der Waals surface area contributed by atoms with Crippen molar-refractivity contribution in [2.75, 3.05) is 6.54 Å². The van der Waals surface area contributed by atoms with Crippen LogP contribution in [-0.2, 0) is 0 Å². The predicted octanol–water partition coefficient (Wildman–Crippen LogP) is 1.03. The van der Waals surface area contributed by atoms with E-state index in [-0.39, 0.29) is 0 Å². The molecule has 2 aliphatic heterocycles. The molecule has 0 radical (unpaired) electrons. The van der Waals surface area contributed by atoms with Crippen molar-refractivity contribution in [2.24, 2.45) is 5.92 Å². The molecule has 2 nitrogen and oxygen atoms in total. The fourth-order valence-corrected chi connectivity index (χ4v) is 1.85. The van der Waals surface area contributed by atoms with Crippen LogP contribution in [0.1, 0.15) is 0 Å². The summed E-state index contributed by atoms with van der Waals surface area (Å²) in [5.41, 5.74) is 3.92. The van der Waals surface area contributed by atoms with E-state index in [1.54, 1.807) is 0 Å². The maximum atomic E-state index is 3.33. The van der Waals surface area contributed by atoms with E-state index in [0.717, 1.165) is 6.54 Å². The van der Waals surface area contributed by atoms with Crippen LogP contribution in [-0.4, -0.2) is 6.54 Å². The molecule has 0 spiro atoms. The third kappa shape index (κ3) is 0.694. The maximum Gasteiger partial charge on any atom is 0.0390 e. The van der Waals surface area contributed by atoms with Gasteiger partial charge in [0.25, 0.3) is 0 Å². The highest BCUT2D eigenvalue weighted by molar-refractivity contribution is 5.51. The van der Waals surface area contributed by atoms with E-state index in [2.05, 4.69) is 34.9 Å². The second kappa shape index (κ2) is 2.03. The molecule has 12 heavy (non-hydrogen) atoms. The lowest BCUT2D eigenvalue weighted by molar-refractivity contribution is 0.868. The summed E-state index contributed by atoms with van der Waals surface area (Å²) < 4.78 is 0. The molecule has 0 aromatic heterocycles. The molecule has 0 fully saturated rings. The maximum absolute atomic E-state index is 3.33. The van der Waals surface area contributed by atoms with E-state index in [9.17, 15) is 0 Å². The molecule has 0 saturated heterocycles. The zero-order chi connectivity index (χ0) is 7.97. The zero-order valence-electron chi connectivity index (χ0n) is 6.67. The Kier molecular flexibility index (Phi) is 1.04. The van der Waals surface area contributed by atoms with E-state index in [0.29, 0.717) is 5.92 Å². The van der Waals surface area contributed by atoms with E-state index >= 15 is 0 Å². The second-order valence-electron chi connectivity index (χ2n) is 3.25. The van der Waals surface area contributed by atoms with Crippen LogP contribution in [0.15, 0.2) is 47.5 Å². The van der Waals surface area contributed by atoms with Gasteiger partial charge in [-0.3, -0.25) is 0 Å². The molecule has 60 valence electrons. The Morgan fingerprint density at radius 3 is 3.42 bits per heavy atom. The van der Waals surface area contributed by atoms with Gasteiger partial charge in [0.15, 0.2) is 0 Å². The average molecular weight is 158 g/mol. The van der Waals surface area contributed by atoms with Crippen LogP contribution in [0.5, 0.6) is 0 Å². The molecular formula is C10H10N2. The lowest BCUT2D eigenvalue weighted by atomic mass is 9.96. The average Bonchev–Trinajstić information content (AvgIpc) is 2.64. The summed E-state index contributed by atoms with van der Waals surface area (Å²) in [4.78, 5) is 0. The van der Waals surface area contributed by atoms with Crippen LogP contribution in [0.2, 0.25) is 0 Å². The standard InChI is InChI=1S/C10H10N2/c1-3-11-9-6-8-2-4-12-10(8)5-7(1)9/h1-3,5-7,11-12H,4H2. The van der Waals surface area contributed by atoms with Gasteiger partial charge < -0.3 is 10.6 Å². The summed E-state index contributed by atoms with van der Waals surface area (Å²) in [5, 5.41) is 6.57. The van der Waals surface area contributed by atoms with Gasteiger partial charge in [-0.05, 0) is 23.9 Å². The highest BCUT2D eigenvalue weighted by atomic mass is 14.9. The van der Waals surface area contributed by atoms with Crippen molar-refractivity contribution in [3.8, 4) is 0 Å². The molecule has 2 heterocycles. The van der Waals surface area contributed by atoms with E-state index in [1.165, 1.54) is 17.0 Å². The molecule has 0 saturated carbocycles. The Balaban J connectivity index is 2.08. The van der Waals surface area contributed by atoms with Crippen LogP contribution in [0.3, 0.4) is 0 Å². The third-order valence-electron chi connectivity index (χ3n) is 2.50. The predicted molar refractivity (Wildman–Crippen MR) is 48.0 cm³/mol. The minimum Gasteiger partial charge on any atom is -0.381 e. The van der Waals surface area contributed by atoms with Crippen LogP contribution in [0.25, 0.3) is 0 Å². The number of hydrogen-bond donors (Lipinski definition) is 2. The van der Waals surface area contributed by atoms with Gasteiger partial charge in [0.1, 0.15) is 0 Å². The quantitative estimate of drug-likeness (QED) is 0.550. The first-order chi connectivity index (χ1) is 5.93. The van der Waals surface area contributed by atoms with Crippen molar-refractivity contribution < 1.29 is 0 Å². The first kappa shape index (κ1) is 6.12. The highest BCUT2D eigenvalue weighted by Crippen LogP contribution is 2.29. The van der Waals surface area contributed by atoms with Gasteiger partial charge in [-0.1, -0.05) is 12.2 Å². The SMILES string of the molecule is C1=CC2C=C3NCC=C3C=C2N1. The molecular weight excluding hydrogens is 148 g/mol. The minimum atomic E-state index is 0.475. The van der Waals surface area contributed by atoms with E-state index in [1.807, 2.05) is 6.20 Å². The number of hydrogen-bond acceptors (Lipinski definition) is 2. The number of fused-ring (bicyclic) bond motifs is 2. The van der Waals surface area contributed by atoms with Gasteiger partial charge in [-0.2, -0.15) is 0 Å². The van der Waals surface area contributed by atoms with Crippen molar-refractivity contribution in [3.63, 3.8) is 0 Å². The van der Waals surface area contributed by atoms with Crippen molar-refractivity contribution in [1.82, 2.24) is 10.6 Å². The van der Waals surface area contributed by atoms with Gasteiger partial charge in [-0.15, -0.1) is 0 Å². The van der Waals surface area contributed by atoms with Crippen molar-refractivity contribution in [1.29, 1.82) is 0 Å². The molecule has 1 unspecified atom stereocenters. The zero-order valence-corrected chi connectivity index (χ0v) is 6.67. The molecule has 2 heteroatoms. The Morgan fingerprint density at radius 2 is 2.42 bits per heavy atom. The molecule has 0 bridgehead atoms. The summed E-state index contributed by atoms with van der Waals surface area (Å²) in [6.07, 6.45) is 10.9. The number of nitrogens with one attached hydrogen (secondary N) is 2. The third-order valence-corrected chi connectivity index (χ3v) is 2.50. The smallest absolute Gasteiger partial charge is 0.0390 e. The summed E-state index contributed by atoms with van der Waals surface area (Å²) >= 11 is 0. The molecule has 2 N–H and O–H groups in total. The monoisotopic (exact) mass is 158 g/mol. The first-order valence-corrected chi connectivity index (χ1v) is 4.24. The Hall–Kier alpha value is -1.44. The summed E-state index contributed by atoms with van der Waals surface area (Å²) in [6.45, 7) is 0.974. The topological polar surface area (TPSA) is 24.1 Å². The van der Waals surface area contributed by atoms with Gasteiger partial charge >= 0.3 is 0 Å². The highest BCUT2D eigenvalue weighted by Gasteiger charge is 2.22. The number of rotatable bonds is 0. The fraction of sp³-hybridized carbons (Fsp3) is 0.200. The Morgan fingerprint density at radius 1 is 1.42 bits per heavy atom. The van der Waals surface area contributed by atoms with Crippen LogP contribution < -0.4 is 10.6 Å². The molecule has 3 rings (SSSR count). The molecule has 0 aromatic carbocycles. The summed E-state index contributed by atoms with van der Waals surface area (Å²) in [5.74, 6) is 0.475. The minimum absolute atomic E-state index is 0.475. The lowest BCUT2D eigenvalue weighted by Crippen LogP contribution is -2.14. The summed E-state index contributed by atoms with van der Waals surface area (Å²) in [6, 6.07) is 0. The molecule has 1 atom stereocenters. The Bertz CT molecular complexity index is 345. The molecule has 0 amide bonds. The first-order valence-electron chi connectivity index (χ1n) is 4.24. The van der Waals surface area contributed by atoms with Crippen molar-refractivity contribution >= 4 is 0 Å². The van der Waals surface area contributed by atoms with Gasteiger partial charge in [0.05, 0.1) is 0 Å². The number of allylic oxidation sites excluding steroid dienone is 2. The summed E-state index contributed by atoms with van der Waals surface area (Å²) in [7, 11) is 0. The lowest BCUT2D eigenvalue weighted by Gasteiger charge is -2.15. The Labute approximate surface area is 71.3 Å². The van der Waals surface area contributed by atoms with Gasteiger partial charge in [0, 0.05) is 23.9 Å². The van der Waals surface area contributed by atoms with E-state index in [4.69, 9.17) is 0 Å². The van der Waals surface area contributed by atoms with Gasteiger partial charge in [0.2, 0.25) is 0 Å². The van der Waals surface area contributed by atoms with Crippen LogP contribution in [0, 0.1) is 5.92 Å².